The van der Waals surface area contributed by atoms with E-state index < -0.39 is 11.9 Å². The van der Waals surface area contributed by atoms with E-state index in [1.165, 1.54) is 0 Å². The molecule has 5 rings (SSSR count). The highest BCUT2D eigenvalue weighted by molar-refractivity contribution is 6.46. The quantitative estimate of drug-likeness (QED) is 0.386. The van der Waals surface area contributed by atoms with E-state index in [0.717, 1.165) is 21.8 Å². The highest BCUT2D eigenvalue weighted by Crippen LogP contribution is 2.40. The maximum absolute atomic E-state index is 12.8. The van der Waals surface area contributed by atoms with Gasteiger partial charge in [0.1, 0.15) is 0 Å². The van der Waals surface area contributed by atoms with Gasteiger partial charge in [0.2, 0.25) is 0 Å². The Kier molecular flexibility index (Phi) is 4.04. The topological polar surface area (TPSA) is 77.0 Å². The summed E-state index contributed by atoms with van der Waals surface area (Å²) in [5.41, 5.74) is 3.72. The molecular formula is C24H17N3O3. The Hall–Kier alpha value is -4.11. The van der Waals surface area contributed by atoms with Crippen LogP contribution >= 0.6 is 0 Å². The van der Waals surface area contributed by atoms with Crippen LogP contribution < -0.4 is 0 Å². The van der Waals surface area contributed by atoms with Crippen LogP contribution in [0.5, 0.6) is 0 Å². The molecule has 30 heavy (non-hydrogen) atoms. The number of aryl methyl sites for hydroxylation is 2. The van der Waals surface area contributed by atoms with Gasteiger partial charge in [0.15, 0.2) is 0 Å². The van der Waals surface area contributed by atoms with Gasteiger partial charge >= 0.3 is 11.9 Å². The number of hydrogen-bond donors (Lipinski definition) is 0. The molecule has 4 aromatic rings. The van der Waals surface area contributed by atoms with E-state index in [2.05, 4.69) is 6.07 Å². The zero-order chi connectivity index (χ0) is 20.8. The molecule has 0 saturated heterocycles. The summed E-state index contributed by atoms with van der Waals surface area (Å²) in [4.78, 5) is 25.6. The molecule has 2 aromatic carbocycles. The van der Waals surface area contributed by atoms with Gasteiger partial charge in [-0.25, -0.2) is 9.59 Å². The fourth-order valence-corrected chi connectivity index (χ4v) is 4.22. The third-order valence-corrected chi connectivity index (χ3v) is 5.53. The van der Waals surface area contributed by atoms with E-state index in [-0.39, 0.29) is 11.1 Å². The van der Waals surface area contributed by atoms with E-state index in [9.17, 15) is 9.59 Å². The Bertz CT molecular complexity index is 1430. The first-order valence-corrected chi connectivity index (χ1v) is 9.60. The molecule has 0 bridgehead atoms. The molecule has 0 fully saturated rings. The third kappa shape index (κ3) is 2.56. The van der Waals surface area contributed by atoms with Crippen molar-refractivity contribution >= 4 is 44.9 Å². The van der Waals surface area contributed by atoms with E-state index >= 15 is 0 Å². The molecule has 0 amide bonds. The number of benzene rings is 2. The molecule has 1 aliphatic rings. The largest absolute Gasteiger partial charge is 0.386 e. The molecule has 0 N–H and O–H groups in total. The summed E-state index contributed by atoms with van der Waals surface area (Å²) in [6.07, 6.45) is 4.04. The fourth-order valence-electron chi connectivity index (χ4n) is 4.22. The molecule has 2 aromatic heterocycles. The van der Waals surface area contributed by atoms with Gasteiger partial charge in [-0.3, -0.25) is 0 Å². The van der Waals surface area contributed by atoms with Crippen LogP contribution in [0.1, 0.15) is 17.5 Å². The maximum Gasteiger partial charge on any atom is 0.347 e. The van der Waals surface area contributed by atoms with Gasteiger partial charge < -0.3 is 13.9 Å². The summed E-state index contributed by atoms with van der Waals surface area (Å²) in [7, 11) is 1.90. The molecule has 0 aliphatic carbocycles. The molecule has 0 atom stereocenters. The fraction of sp³-hybridized carbons (Fsp3) is 0.125. The number of nitrogens with zero attached hydrogens (tertiary/aromatic N) is 3. The zero-order valence-corrected chi connectivity index (χ0v) is 16.3. The second-order valence-corrected chi connectivity index (χ2v) is 7.26. The highest BCUT2D eigenvalue weighted by Gasteiger charge is 2.37. The van der Waals surface area contributed by atoms with E-state index in [1.54, 1.807) is 0 Å². The number of carbonyl (C=O) groups is 2. The Morgan fingerprint density at radius 2 is 1.43 bits per heavy atom. The number of carbonyl (C=O) groups excluding carboxylic acids is 2. The van der Waals surface area contributed by atoms with Crippen LogP contribution in [0.2, 0.25) is 0 Å². The number of rotatable bonds is 4. The standard InChI is InChI=1S/C24H17N3O3/c1-26-13-17(15-7-2-4-9-19(15)26)21-22(24(29)30-23(21)28)18-14-27(12-6-11-25)20-10-5-3-8-16(18)20/h2-5,7-10,13-14H,6,12H2,1H3. The first kappa shape index (κ1) is 18.0. The summed E-state index contributed by atoms with van der Waals surface area (Å²) < 4.78 is 8.94. The van der Waals surface area contributed by atoms with E-state index in [1.807, 2.05) is 77.1 Å². The van der Waals surface area contributed by atoms with Gasteiger partial charge in [0, 0.05) is 58.9 Å². The molecule has 146 valence electrons. The zero-order valence-electron chi connectivity index (χ0n) is 16.3. The Balaban J connectivity index is 1.82. The minimum atomic E-state index is -0.647. The summed E-state index contributed by atoms with van der Waals surface area (Å²) in [5.74, 6) is -1.29. The van der Waals surface area contributed by atoms with E-state index in [4.69, 9.17) is 10.00 Å². The lowest BCUT2D eigenvalue weighted by Gasteiger charge is -2.01. The SMILES string of the molecule is Cn1cc(C2=C(c3cn(CCC#N)c4ccccc34)C(=O)OC2=O)c2ccccc21. The smallest absolute Gasteiger partial charge is 0.347 e. The molecule has 0 spiro atoms. The van der Waals surface area contributed by atoms with Crippen LogP contribution in [0, 0.1) is 11.3 Å². The van der Waals surface area contributed by atoms with Gasteiger partial charge in [0.05, 0.1) is 23.6 Å². The maximum atomic E-state index is 12.8. The van der Waals surface area contributed by atoms with Crippen LogP contribution in [0.15, 0.2) is 60.9 Å². The minimum Gasteiger partial charge on any atom is -0.386 e. The first-order valence-electron chi connectivity index (χ1n) is 9.60. The van der Waals surface area contributed by atoms with Crippen molar-refractivity contribution in [2.45, 2.75) is 13.0 Å². The first-order chi connectivity index (χ1) is 14.6. The van der Waals surface area contributed by atoms with Crippen LogP contribution in [-0.2, 0) is 27.9 Å². The van der Waals surface area contributed by atoms with Crippen molar-refractivity contribution in [3.8, 4) is 6.07 Å². The van der Waals surface area contributed by atoms with Crippen molar-refractivity contribution < 1.29 is 14.3 Å². The van der Waals surface area contributed by atoms with Crippen LogP contribution in [0.25, 0.3) is 33.0 Å². The number of ether oxygens (including phenoxy) is 1. The number of hydrogen-bond acceptors (Lipinski definition) is 4. The second kappa shape index (κ2) is 6.75. The lowest BCUT2D eigenvalue weighted by atomic mass is 9.95. The molecule has 3 heterocycles. The second-order valence-electron chi connectivity index (χ2n) is 7.26. The lowest BCUT2D eigenvalue weighted by molar-refractivity contribution is -0.149. The number of para-hydroxylation sites is 2. The van der Waals surface area contributed by atoms with Crippen molar-refractivity contribution in [1.29, 1.82) is 5.26 Å². The number of fused-ring (bicyclic) bond motifs is 2. The molecule has 6 heteroatoms. The van der Waals surface area contributed by atoms with Gasteiger partial charge in [0.25, 0.3) is 0 Å². The van der Waals surface area contributed by atoms with Gasteiger partial charge in [-0.1, -0.05) is 36.4 Å². The summed E-state index contributed by atoms with van der Waals surface area (Å²) in [5, 5.41) is 10.7. The van der Waals surface area contributed by atoms with Crippen LogP contribution in [0.3, 0.4) is 0 Å². The molecule has 0 radical (unpaired) electrons. The Morgan fingerprint density at radius 3 is 2.10 bits per heavy atom. The van der Waals surface area contributed by atoms with Gasteiger partial charge in [-0.05, 0) is 12.1 Å². The average molecular weight is 395 g/mol. The number of cyclic esters (lactones) is 2. The Morgan fingerprint density at radius 1 is 0.867 bits per heavy atom. The van der Waals surface area contributed by atoms with Crippen molar-refractivity contribution in [2.24, 2.45) is 7.05 Å². The van der Waals surface area contributed by atoms with Crippen LogP contribution in [0.4, 0.5) is 0 Å². The number of esters is 2. The minimum absolute atomic E-state index is 0.267. The molecular weight excluding hydrogens is 378 g/mol. The van der Waals surface area contributed by atoms with Gasteiger partial charge in [-0.2, -0.15) is 5.26 Å². The lowest BCUT2D eigenvalue weighted by Crippen LogP contribution is -2.02. The third-order valence-electron chi connectivity index (χ3n) is 5.53. The van der Waals surface area contributed by atoms with Crippen molar-refractivity contribution in [3.63, 3.8) is 0 Å². The molecule has 1 aliphatic heterocycles. The predicted molar refractivity (Wildman–Crippen MR) is 113 cm³/mol. The summed E-state index contributed by atoms with van der Waals surface area (Å²) in [6, 6.07) is 17.5. The monoisotopic (exact) mass is 395 g/mol. The Labute approximate surface area is 172 Å². The van der Waals surface area contributed by atoms with Crippen molar-refractivity contribution in [1.82, 2.24) is 9.13 Å². The molecule has 0 unspecified atom stereocenters. The average Bonchev–Trinajstić information content (AvgIpc) is 3.37. The number of nitriles is 1. The van der Waals surface area contributed by atoms with Crippen LogP contribution in [-0.4, -0.2) is 21.1 Å². The van der Waals surface area contributed by atoms with Crippen molar-refractivity contribution in [2.75, 3.05) is 0 Å². The summed E-state index contributed by atoms with van der Waals surface area (Å²) >= 11 is 0. The van der Waals surface area contributed by atoms with Crippen molar-refractivity contribution in [3.05, 3.63) is 72.1 Å². The molecule has 6 nitrogen and oxygen atoms in total. The number of aromatic nitrogens is 2. The highest BCUT2D eigenvalue weighted by atomic mass is 16.6. The van der Waals surface area contributed by atoms with E-state index in [0.29, 0.717) is 24.1 Å². The normalized spacial score (nSPS) is 14.0. The predicted octanol–water partition coefficient (Wildman–Crippen LogP) is 4.04. The van der Waals surface area contributed by atoms with Gasteiger partial charge in [-0.15, -0.1) is 0 Å². The summed E-state index contributed by atoms with van der Waals surface area (Å²) in [6.45, 7) is 0.497. The molecule has 0 saturated carbocycles.